The standard InChI is InChI=1S/C17H19ClN2O3/c1-17(23-2,12-5-3-6-13(18)9-12)11-19-16(22)20-14-7-4-8-15(21)10-14/h3-10,21H,11H2,1-2H3,(H2,19,20,22). The molecule has 2 rings (SSSR count). The van der Waals surface area contributed by atoms with Gasteiger partial charge in [-0.2, -0.15) is 0 Å². The first-order valence-electron chi connectivity index (χ1n) is 7.08. The molecular weight excluding hydrogens is 316 g/mol. The Kier molecular flexibility index (Phi) is 5.47. The summed E-state index contributed by atoms with van der Waals surface area (Å²) >= 11 is 6.01. The van der Waals surface area contributed by atoms with Gasteiger partial charge < -0.3 is 20.5 Å². The van der Waals surface area contributed by atoms with Gasteiger partial charge in [-0.05, 0) is 36.8 Å². The molecule has 0 bridgehead atoms. The number of benzene rings is 2. The summed E-state index contributed by atoms with van der Waals surface area (Å²) in [5.41, 5.74) is 0.663. The van der Waals surface area contributed by atoms with Gasteiger partial charge in [-0.3, -0.25) is 0 Å². The highest BCUT2D eigenvalue weighted by molar-refractivity contribution is 6.30. The number of phenolic OH excluding ortho intramolecular Hbond substituents is 1. The quantitative estimate of drug-likeness (QED) is 0.780. The Balaban J connectivity index is 2.01. The Hall–Kier alpha value is -2.24. The predicted molar refractivity (Wildman–Crippen MR) is 90.9 cm³/mol. The zero-order valence-electron chi connectivity index (χ0n) is 13.0. The van der Waals surface area contributed by atoms with Gasteiger partial charge in [0.25, 0.3) is 0 Å². The van der Waals surface area contributed by atoms with Crippen LogP contribution in [-0.4, -0.2) is 24.8 Å². The molecule has 2 aromatic rings. The fourth-order valence-corrected chi connectivity index (χ4v) is 2.31. The van der Waals surface area contributed by atoms with Gasteiger partial charge in [-0.15, -0.1) is 0 Å². The minimum absolute atomic E-state index is 0.0865. The van der Waals surface area contributed by atoms with E-state index < -0.39 is 5.60 Å². The van der Waals surface area contributed by atoms with Gasteiger partial charge >= 0.3 is 6.03 Å². The summed E-state index contributed by atoms with van der Waals surface area (Å²) < 4.78 is 5.56. The summed E-state index contributed by atoms with van der Waals surface area (Å²) in [5, 5.41) is 15.4. The smallest absolute Gasteiger partial charge is 0.319 e. The van der Waals surface area contributed by atoms with Gasteiger partial charge in [0.2, 0.25) is 0 Å². The average molecular weight is 335 g/mol. The van der Waals surface area contributed by atoms with Crippen molar-refractivity contribution in [3.05, 3.63) is 59.1 Å². The maximum Gasteiger partial charge on any atom is 0.319 e. The molecule has 0 heterocycles. The molecule has 0 aliphatic carbocycles. The Morgan fingerprint density at radius 2 is 2.00 bits per heavy atom. The lowest BCUT2D eigenvalue weighted by Crippen LogP contribution is -2.41. The molecule has 5 nitrogen and oxygen atoms in total. The molecule has 3 N–H and O–H groups in total. The van der Waals surface area contributed by atoms with Crippen LogP contribution in [0.5, 0.6) is 5.75 Å². The van der Waals surface area contributed by atoms with E-state index >= 15 is 0 Å². The normalized spacial score (nSPS) is 13.2. The zero-order valence-corrected chi connectivity index (χ0v) is 13.7. The lowest BCUT2D eigenvalue weighted by atomic mass is 9.96. The van der Waals surface area contributed by atoms with Crippen LogP contribution in [0.2, 0.25) is 5.02 Å². The molecule has 0 aliphatic heterocycles. The summed E-state index contributed by atoms with van der Waals surface area (Å²) in [7, 11) is 1.58. The fourth-order valence-electron chi connectivity index (χ4n) is 2.12. The van der Waals surface area contributed by atoms with Crippen molar-refractivity contribution in [1.29, 1.82) is 0 Å². The molecule has 0 radical (unpaired) electrons. The Labute approximate surface area is 140 Å². The monoisotopic (exact) mass is 334 g/mol. The van der Waals surface area contributed by atoms with E-state index in [0.29, 0.717) is 10.7 Å². The molecule has 0 spiro atoms. The molecule has 2 aromatic carbocycles. The van der Waals surface area contributed by atoms with Crippen molar-refractivity contribution in [3.8, 4) is 5.75 Å². The van der Waals surface area contributed by atoms with Gasteiger partial charge in [0.05, 0.1) is 6.54 Å². The SMILES string of the molecule is COC(C)(CNC(=O)Nc1cccc(O)c1)c1cccc(Cl)c1. The van der Waals surface area contributed by atoms with E-state index in [4.69, 9.17) is 16.3 Å². The van der Waals surface area contributed by atoms with Crippen LogP contribution in [0.1, 0.15) is 12.5 Å². The highest BCUT2D eigenvalue weighted by atomic mass is 35.5. The number of phenols is 1. The first kappa shape index (κ1) is 17.1. The van der Waals surface area contributed by atoms with Gasteiger partial charge in [-0.25, -0.2) is 4.79 Å². The largest absolute Gasteiger partial charge is 0.508 e. The van der Waals surface area contributed by atoms with Crippen LogP contribution in [-0.2, 0) is 10.3 Å². The zero-order chi connectivity index (χ0) is 16.9. The lowest BCUT2D eigenvalue weighted by molar-refractivity contribution is 0.00521. The van der Waals surface area contributed by atoms with Crippen molar-refractivity contribution in [1.82, 2.24) is 5.32 Å². The van der Waals surface area contributed by atoms with E-state index in [1.165, 1.54) is 12.1 Å². The van der Waals surface area contributed by atoms with Gasteiger partial charge in [0, 0.05) is 23.9 Å². The molecule has 0 fully saturated rings. The highest BCUT2D eigenvalue weighted by Crippen LogP contribution is 2.26. The molecular formula is C17H19ClN2O3. The number of aromatic hydroxyl groups is 1. The number of carbonyl (C=O) groups is 1. The van der Waals surface area contributed by atoms with E-state index in [1.54, 1.807) is 31.4 Å². The van der Waals surface area contributed by atoms with Crippen LogP contribution >= 0.6 is 11.6 Å². The number of hydrogen-bond donors (Lipinski definition) is 3. The second-order valence-corrected chi connectivity index (χ2v) is 5.74. The number of amides is 2. The maximum atomic E-state index is 12.0. The highest BCUT2D eigenvalue weighted by Gasteiger charge is 2.27. The number of nitrogens with one attached hydrogen (secondary N) is 2. The molecule has 0 aliphatic rings. The Morgan fingerprint density at radius 3 is 2.65 bits per heavy atom. The van der Waals surface area contributed by atoms with E-state index in [2.05, 4.69) is 10.6 Å². The molecule has 23 heavy (non-hydrogen) atoms. The third kappa shape index (κ3) is 4.61. The molecule has 0 saturated heterocycles. The average Bonchev–Trinajstić information content (AvgIpc) is 2.52. The van der Waals surface area contributed by atoms with Crippen LogP contribution in [0.15, 0.2) is 48.5 Å². The van der Waals surface area contributed by atoms with Crippen LogP contribution in [0.25, 0.3) is 0 Å². The van der Waals surface area contributed by atoms with Crippen molar-refractivity contribution in [2.24, 2.45) is 0 Å². The van der Waals surface area contributed by atoms with Crippen LogP contribution < -0.4 is 10.6 Å². The summed E-state index contributed by atoms with van der Waals surface area (Å²) in [6, 6.07) is 13.3. The number of hydrogen-bond acceptors (Lipinski definition) is 3. The van der Waals surface area contributed by atoms with Crippen molar-refractivity contribution < 1.29 is 14.6 Å². The summed E-state index contributed by atoms with van der Waals surface area (Å²) in [5.74, 6) is 0.0865. The fraction of sp³-hybridized carbons (Fsp3) is 0.235. The van der Waals surface area contributed by atoms with Crippen molar-refractivity contribution in [2.45, 2.75) is 12.5 Å². The molecule has 1 atom stereocenters. The summed E-state index contributed by atoms with van der Waals surface area (Å²) in [6.07, 6.45) is 0. The molecule has 1 unspecified atom stereocenters. The summed E-state index contributed by atoms with van der Waals surface area (Å²) in [4.78, 5) is 12.0. The number of methoxy groups -OCH3 is 1. The molecule has 0 saturated carbocycles. The van der Waals surface area contributed by atoms with Crippen molar-refractivity contribution >= 4 is 23.3 Å². The second-order valence-electron chi connectivity index (χ2n) is 5.30. The summed E-state index contributed by atoms with van der Waals surface area (Å²) in [6.45, 7) is 2.13. The van der Waals surface area contributed by atoms with E-state index in [9.17, 15) is 9.90 Å². The van der Waals surface area contributed by atoms with Gasteiger partial charge in [0.15, 0.2) is 0 Å². The van der Waals surface area contributed by atoms with E-state index in [0.717, 1.165) is 5.56 Å². The number of carbonyl (C=O) groups excluding carboxylic acids is 1. The third-order valence-corrected chi connectivity index (χ3v) is 3.81. The second kappa shape index (κ2) is 7.35. The molecule has 6 heteroatoms. The van der Waals surface area contributed by atoms with Crippen LogP contribution in [0.4, 0.5) is 10.5 Å². The van der Waals surface area contributed by atoms with E-state index in [-0.39, 0.29) is 18.3 Å². The van der Waals surface area contributed by atoms with Gasteiger partial charge in [-0.1, -0.05) is 29.8 Å². The van der Waals surface area contributed by atoms with Crippen LogP contribution in [0.3, 0.4) is 0 Å². The number of anilines is 1. The topological polar surface area (TPSA) is 70.6 Å². The van der Waals surface area contributed by atoms with Crippen molar-refractivity contribution in [2.75, 3.05) is 19.0 Å². The van der Waals surface area contributed by atoms with Crippen molar-refractivity contribution in [3.63, 3.8) is 0 Å². The Bertz CT molecular complexity index is 693. The minimum Gasteiger partial charge on any atom is -0.508 e. The predicted octanol–water partition coefficient (Wildman–Crippen LogP) is 3.73. The minimum atomic E-state index is -0.707. The molecule has 2 amide bonds. The third-order valence-electron chi connectivity index (χ3n) is 3.58. The first-order valence-corrected chi connectivity index (χ1v) is 7.46. The number of halogens is 1. The Morgan fingerprint density at radius 1 is 1.26 bits per heavy atom. The first-order chi connectivity index (χ1) is 10.9. The van der Waals surface area contributed by atoms with Gasteiger partial charge in [0.1, 0.15) is 11.4 Å². The van der Waals surface area contributed by atoms with E-state index in [1.807, 2.05) is 19.1 Å². The maximum absolute atomic E-state index is 12.0. The molecule has 0 aromatic heterocycles. The number of rotatable bonds is 5. The lowest BCUT2D eigenvalue weighted by Gasteiger charge is -2.29. The van der Waals surface area contributed by atoms with Crippen LogP contribution in [0, 0.1) is 0 Å². The number of ether oxygens (including phenoxy) is 1. The number of urea groups is 1. The molecule has 122 valence electrons.